The number of anilines is 1. The number of ether oxygens (including phenoxy) is 2. The van der Waals surface area contributed by atoms with Crippen LogP contribution in [0.1, 0.15) is 56.5 Å². The van der Waals surface area contributed by atoms with Gasteiger partial charge in [0.05, 0.1) is 24.8 Å². The van der Waals surface area contributed by atoms with Gasteiger partial charge in [0.25, 0.3) is 5.91 Å². The van der Waals surface area contributed by atoms with Gasteiger partial charge in [-0.15, -0.1) is 11.3 Å². The van der Waals surface area contributed by atoms with Crippen LogP contribution in [-0.2, 0) is 17.6 Å². The molecule has 1 N–H and O–H groups in total. The summed E-state index contributed by atoms with van der Waals surface area (Å²) in [7, 11) is 1.54. The number of hydrogen-bond acceptors (Lipinski definition) is 5. The SMILES string of the molecule is CCOC(=O)c1c(NC(=O)c2cc(Br)cc(C)c2OC)sc2c1CCCC2. The van der Waals surface area contributed by atoms with E-state index in [4.69, 9.17) is 9.47 Å². The third-order valence-corrected chi connectivity index (χ3v) is 6.23. The molecule has 0 fully saturated rings. The molecule has 3 rings (SSSR count). The van der Waals surface area contributed by atoms with Crippen LogP contribution in [0.2, 0.25) is 0 Å². The Hall–Kier alpha value is -1.86. The Balaban J connectivity index is 2.00. The fraction of sp³-hybridized carbons (Fsp3) is 0.400. The molecular formula is C20H22BrNO4S. The number of aryl methyl sites for hydroxylation is 2. The van der Waals surface area contributed by atoms with Crippen molar-refractivity contribution in [3.05, 3.63) is 43.7 Å². The van der Waals surface area contributed by atoms with Gasteiger partial charge in [0.1, 0.15) is 10.8 Å². The van der Waals surface area contributed by atoms with Gasteiger partial charge in [0, 0.05) is 9.35 Å². The summed E-state index contributed by atoms with van der Waals surface area (Å²) in [5.41, 5.74) is 2.81. The Morgan fingerprint density at radius 3 is 2.70 bits per heavy atom. The van der Waals surface area contributed by atoms with Gasteiger partial charge in [-0.25, -0.2) is 4.79 Å². The monoisotopic (exact) mass is 451 g/mol. The summed E-state index contributed by atoms with van der Waals surface area (Å²) in [5, 5.41) is 3.49. The molecule has 144 valence electrons. The van der Waals surface area contributed by atoms with Gasteiger partial charge in [0.2, 0.25) is 0 Å². The predicted molar refractivity (Wildman–Crippen MR) is 110 cm³/mol. The second kappa shape index (κ2) is 8.44. The Labute approximate surface area is 171 Å². The minimum absolute atomic E-state index is 0.301. The standard InChI is InChI=1S/C20H22BrNO4S/c1-4-26-20(24)16-13-7-5-6-8-15(13)27-19(16)22-18(23)14-10-12(21)9-11(2)17(14)25-3/h9-10H,4-8H2,1-3H3,(H,22,23). The van der Waals surface area contributed by atoms with Crippen LogP contribution in [0.15, 0.2) is 16.6 Å². The van der Waals surface area contributed by atoms with Crippen molar-refractivity contribution in [1.82, 2.24) is 0 Å². The Bertz CT molecular complexity index is 891. The minimum atomic E-state index is -0.371. The lowest BCUT2D eigenvalue weighted by Crippen LogP contribution is -2.16. The number of halogens is 1. The van der Waals surface area contributed by atoms with Crippen molar-refractivity contribution < 1.29 is 19.1 Å². The maximum absolute atomic E-state index is 13.0. The molecule has 0 saturated heterocycles. The van der Waals surface area contributed by atoms with Crippen LogP contribution in [0.3, 0.4) is 0 Å². The molecule has 1 aromatic heterocycles. The first kappa shape index (κ1) is 19.9. The topological polar surface area (TPSA) is 64.6 Å². The highest BCUT2D eigenvalue weighted by Crippen LogP contribution is 2.39. The smallest absolute Gasteiger partial charge is 0.341 e. The average Bonchev–Trinajstić information content (AvgIpc) is 2.99. The van der Waals surface area contributed by atoms with Crippen LogP contribution < -0.4 is 10.1 Å². The van der Waals surface area contributed by atoms with E-state index in [0.717, 1.165) is 46.2 Å². The first-order valence-corrected chi connectivity index (χ1v) is 10.5. The van der Waals surface area contributed by atoms with Gasteiger partial charge in [-0.2, -0.15) is 0 Å². The van der Waals surface area contributed by atoms with E-state index >= 15 is 0 Å². The second-order valence-electron chi connectivity index (χ2n) is 6.39. The molecule has 1 aliphatic carbocycles. The molecule has 0 aliphatic heterocycles. The first-order valence-electron chi connectivity index (χ1n) is 8.93. The molecule has 1 heterocycles. The molecular weight excluding hydrogens is 430 g/mol. The van der Waals surface area contributed by atoms with Gasteiger partial charge in [-0.1, -0.05) is 15.9 Å². The summed E-state index contributed by atoms with van der Waals surface area (Å²) in [5.74, 6) is -0.153. The van der Waals surface area contributed by atoms with Gasteiger partial charge < -0.3 is 14.8 Å². The number of esters is 1. The van der Waals surface area contributed by atoms with Gasteiger partial charge >= 0.3 is 5.97 Å². The zero-order valence-electron chi connectivity index (χ0n) is 15.6. The minimum Gasteiger partial charge on any atom is -0.496 e. The highest BCUT2D eigenvalue weighted by atomic mass is 79.9. The van der Waals surface area contributed by atoms with Gasteiger partial charge in [-0.05, 0) is 62.8 Å². The maximum atomic E-state index is 13.0. The van der Waals surface area contributed by atoms with Crippen LogP contribution in [0, 0.1) is 6.92 Å². The largest absolute Gasteiger partial charge is 0.496 e. The molecule has 2 aromatic rings. The maximum Gasteiger partial charge on any atom is 0.341 e. The Morgan fingerprint density at radius 1 is 1.26 bits per heavy atom. The average molecular weight is 452 g/mol. The first-order chi connectivity index (χ1) is 13.0. The molecule has 1 aromatic carbocycles. The van der Waals surface area contributed by atoms with Gasteiger partial charge in [0.15, 0.2) is 0 Å². The molecule has 0 spiro atoms. The molecule has 1 aliphatic rings. The number of carbonyl (C=O) groups is 2. The molecule has 0 radical (unpaired) electrons. The number of methoxy groups -OCH3 is 1. The van der Waals surface area contributed by atoms with E-state index in [1.165, 1.54) is 11.3 Å². The van der Waals surface area contributed by atoms with Crippen molar-refractivity contribution in [1.29, 1.82) is 0 Å². The highest BCUT2D eigenvalue weighted by molar-refractivity contribution is 9.10. The third-order valence-electron chi connectivity index (χ3n) is 4.57. The number of hydrogen-bond donors (Lipinski definition) is 1. The molecule has 7 heteroatoms. The van der Waals surface area contributed by atoms with Crippen LogP contribution >= 0.6 is 27.3 Å². The summed E-state index contributed by atoms with van der Waals surface area (Å²) in [4.78, 5) is 26.7. The van der Waals surface area contributed by atoms with Crippen LogP contribution in [0.25, 0.3) is 0 Å². The van der Waals surface area contributed by atoms with Crippen LogP contribution in [0.4, 0.5) is 5.00 Å². The van der Waals surface area contributed by atoms with Crippen molar-refractivity contribution in [3.8, 4) is 5.75 Å². The fourth-order valence-electron chi connectivity index (χ4n) is 3.41. The van der Waals surface area contributed by atoms with E-state index in [0.29, 0.717) is 28.5 Å². The summed E-state index contributed by atoms with van der Waals surface area (Å²) < 4.78 is 11.5. The van der Waals surface area contributed by atoms with E-state index in [2.05, 4.69) is 21.2 Å². The number of benzene rings is 1. The highest BCUT2D eigenvalue weighted by Gasteiger charge is 2.28. The quantitative estimate of drug-likeness (QED) is 0.639. The lowest BCUT2D eigenvalue weighted by molar-refractivity contribution is 0.0526. The lowest BCUT2D eigenvalue weighted by atomic mass is 9.95. The number of thiophene rings is 1. The van der Waals surface area contributed by atoms with E-state index in [-0.39, 0.29) is 11.9 Å². The molecule has 1 amide bonds. The van der Waals surface area contributed by atoms with Gasteiger partial charge in [-0.3, -0.25) is 4.79 Å². The molecule has 5 nitrogen and oxygen atoms in total. The predicted octanol–water partition coefficient (Wildman–Crippen LogP) is 5.14. The number of amides is 1. The molecule has 27 heavy (non-hydrogen) atoms. The number of fused-ring (bicyclic) bond motifs is 1. The van der Waals surface area contributed by atoms with Crippen molar-refractivity contribution in [3.63, 3.8) is 0 Å². The van der Waals surface area contributed by atoms with Crippen LogP contribution in [0.5, 0.6) is 5.75 Å². The fourth-order valence-corrected chi connectivity index (χ4v) is 5.26. The molecule has 0 bridgehead atoms. The normalized spacial score (nSPS) is 13.0. The van der Waals surface area contributed by atoms with Crippen LogP contribution in [-0.4, -0.2) is 25.6 Å². The van der Waals surface area contributed by atoms with E-state index in [1.54, 1.807) is 20.1 Å². The number of carbonyl (C=O) groups excluding carboxylic acids is 2. The lowest BCUT2D eigenvalue weighted by Gasteiger charge is -2.13. The number of rotatable bonds is 5. The van der Waals surface area contributed by atoms with E-state index in [9.17, 15) is 9.59 Å². The van der Waals surface area contributed by atoms with Crippen molar-refractivity contribution >= 4 is 44.1 Å². The van der Waals surface area contributed by atoms with E-state index < -0.39 is 0 Å². The third kappa shape index (κ3) is 4.04. The summed E-state index contributed by atoms with van der Waals surface area (Å²) >= 11 is 4.90. The summed E-state index contributed by atoms with van der Waals surface area (Å²) in [6.07, 6.45) is 3.92. The molecule has 0 unspecified atom stereocenters. The second-order valence-corrected chi connectivity index (χ2v) is 8.41. The van der Waals surface area contributed by atoms with Crippen molar-refractivity contribution in [2.45, 2.75) is 39.5 Å². The summed E-state index contributed by atoms with van der Waals surface area (Å²) in [6.45, 7) is 3.97. The Morgan fingerprint density at radius 2 is 2.00 bits per heavy atom. The summed E-state index contributed by atoms with van der Waals surface area (Å²) in [6, 6.07) is 3.61. The number of nitrogens with one attached hydrogen (secondary N) is 1. The van der Waals surface area contributed by atoms with Crippen molar-refractivity contribution in [2.24, 2.45) is 0 Å². The zero-order chi connectivity index (χ0) is 19.6. The molecule has 0 atom stereocenters. The molecule has 0 saturated carbocycles. The zero-order valence-corrected chi connectivity index (χ0v) is 18.0. The van der Waals surface area contributed by atoms with Crippen molar-refractivity contribution in [2.75, 3.05) is 19.0 Å². The van der Waals surface area contributed by atoms with E-state index in [1.807, 2.05) is 13.0 Å². The Kier molecular flexibility index (Phi) is 6.22.